The van der Waals surface area contributed by atoms with Crippen LogP contribution < -0.4 is 4.74 Å². The summed E-state index contributed by atoms with van der Waals surface area (Å²) in [5, 5.41) is 0. The van der Waals surface area contributed by atoms with Gasteiger partial charge in [-0.05, 0) is 43.2 Å². The number of carbonyl (C=O) groups is 2. The van der Waals surface area contributed by atoms with Crippen LogP contribution in [0.1, 0.15) is 35.7 Å². The molecule has 0 radical (unpaired) electrons. The lowest BCUT2D eigenvalue weighted by atomic mass is 9.94. The molecule has 4 rings (SSSR count). The zero-order chi connectivity index (χ0) is 21.8. The highest BCUT2D eigenvalue weighted by Crippen LogP contribution is 2.33. The third-order valence-electron chi connectivity index (χ3n) is 6.00. The number of halogens is 1. The molecule has 7 heteroatoms. The monoisotopic (exact) mass is 426 g/mol. The zero-order valence-electron chi connectivity index (χ0n) is 17.7. The van der Waals surface area contributed by atoms with E-state index in [1.54, 1.807) is 29.2 Å². The van der Waals surface area contributed by atoms with Gasteiger partial charge in [-0.3, -0.25) is 9.59 Å². The van der Waals surface area contributed by atoms with Crippen molar-refractivity contribution < 1.29 is 23.5 Å². The van der Waals surface area contributed by atoms with Crippen molar-refractivity contribution in [3.63, 3.8) is 0 Å². The molecule has 1 spiro atoms. The molecule has 164 valence electrons. The second-order valence-corrected chi connectivity index (χ2v) is 8.04. The van der Waals surface area contributed by atoms with Crippen LogP contribution in [0.15, 0.2) is 48.5 Å². The van der Waals surface area contributed by atoms with E-state index in [1.807, 2.05) is 24.0 Å². The third kappa shape index (κ3) is 4.42. The number of carbonyl (C=O) groups excluding carboxylic acids is 2. The predicted octanol–water partition coefficient (Wildman–Crippen LogP) is 3.26. The molecule has 6 nitrogen and oxygen atoms in total. The summed E-state index contributed by atoms with van der Waals surface area (Å²) in [6.45, 7) is 4.33. The van der Waals surface area contributed by atoms with Crippen molar-refractivity contribution in [1.82, 2.24) is 9.80 Å². The summed E-state index contributed by atoms with van der Waals surface area (Å²) in [6.07, 6.45) is 0.877. The average molecular weight is 426 g/mol. The summed E-state index contributed by atoms with van der Waals surface area (Å²) in [5.41, 5.74) is 0.749. The zero-order valence-corrected chi connectivity index (χ0v) is 17.7. The molecule has 31 heavy (non-hydrogen) atoms. The minimum absolute atomic E-state index is 0.0248. The van der Waals surface area contributed by atoms with Crippen LogP contribution in [0.3, 0.4) is 0 Å². The standard InChI is InChI=1S/C24H27FN2O4/c1-2-31-21-6-4-3-5-20(21)23(29)26-13-11-22(28)27(24(16-26)12-14-30-17-24)15-18-7-9-19(25)10-8-18/h3-10H,2,11-17H2,1H3. The number of nitrogens with zero attached hydrogens (tertiary/aromatic N) is 2. The molecule has 1 atom stereocenters. The molecule has 2 aromatic carbocycles. The highest BCUT2D eigenvalue weighted by Gasteiger charge is 2.47. The summed E-state index contributed by atoms with van der Waals surface area (Å²) in [4.78, 5) is 30.2. The fourth-order valence-electron chi connectivity index (χ4n) is 4.38. The summed E-state index contributed by atoms with van der Waals surface area (Å²) >= 11 is 0. The molecular formula is C24H27FN2O4. The number of amides is 2. The van der Waals surface area contributed by atoms with Gasteiger partial charge in [0.15, 0.2) is 0 Å². The normalized spacial score (nSPS) is 21.4. The average Bonchev–Trinajstić information content (AvgIpc) is 3.20. The van der Waals surface area contributed by atoms with E-state index in [-0.39, 0.29) is 24.1 Å². The van der Waals surface area contributed by atoms with Crippen LogP contribution in [0.2, 0.25) is 0 Å². The first-order valence-corrected chi connectivity index (χ1v) is 10.7. The lowest BCUT2D eigenvalue weighted by molar-refractivity contribution is -0.137. The van der Waals surface area contributed by atoms with Crippen molar-refractivity contribution >= 4 is 11.8 Å². The van der Waals surface area contributed by atoms with Gasteiger partial charge in [0.05, 0.1) is 24.3 Å². The summed E-state index contributed by atoms with van der Waals surface area (Å²) < 4.78 is 24.7. The molecule has 2 aromatic rings. The highest BCUT2D eigenvalue weighted by molar-refractivity contribution is 5.97. The minimum Gasteiger partial charge on any atom is -0.493 e. The van der Waals surface area contributed by atoms with Gasteiger partial charge in [0.2, 0.25) is 5.91 Å². The molecular weight excluding hydrogens is 399 g/mol. The molecule has 1 unspecified atom stereocenters. The number of hydrogen-bond acceptors (Lipinski definition) is 4. The lowest BCUT2D eigenvalue weighted by Crippen LogP contribution is -2.56. The maximum Gasteiger partial charge on any atom is 0.257 e. The van der Waals surface area contributed by atoms with Gasteiger partial charge in [0.1, 0.15) is 11.6 Å². The maximum atomic E-state index is 13.4. The van der Waals surface area contributed by atoms with Crippen LogP contribution in [0.4, 0.5) is 4.39 Å². The van der Waals surface area contributed by atoms with Gasteiger partial charge in [-0.2, -0.15) is 0 Å². The van der Waals surface area contributed by atoms with Crippen LogP contribution in [-0.4, -0.2) is 60.1 Å². The lowest BCUT2D eigenvalue weighted by Gasteiger charge is -2.40. The topological polar surface area (TPSA) is 59.1 Å². The number of rotatable bonds is 5. The number of ether oxygens (including phenoxy) is 2. The minimum atomic E-state index is -0.599. The summed E-state index contributed by atoms with van der Waals surface area (Å²) in [6, 6.07) is 13.4. The third-order valence-corrected chi connectivity index (χ3v) is 6.00. The molecule has 2 saturated heterocycles. The molecule has 2 aliphatic rings. The van der Waals surface area contributed by atoms with Crippen molar-refractivity contribution in [3.8, 4) is 5.75 Å². The molecule has 0 aliphatic carbocycles. The Morgan fingerprint density at radius 1 is 1.19 bits per heavy atom. The molecule has 0 N–H and O–H groups in total. The van der Waals surface area contributed by atoms with Gasteiger partial charge >= 0.3 is 0 Å². The molecule has 2 fully saturated rings. The molecule has 0 saturated carbocycles. The van der Waals surface area contributed by atoms with Gasteiger partial charge in [0, 0.05) is 32.7 Å². The maximum absolute atomic E-state index is 13.4. The van der Waals surface area contributed by atoms with Crippen molar-refractivity contribution in [1.29, 1.82) is 0 Å². The fraction of sp³-hybridized carbons (Fsp3) is 0.417. The number of para-hydroxylation sites is 1. The molecule has 2 heterocycles. The first-order chi connectivity index (χ1) is 15.0. The molecule has 2 aliphatic heterocycles. The largest absolute Gasteiger partial charge is 0.493 e. The van der Waals surface area contributed by atoms with Crippen LogP contribution in [0.5, 0.6) is 5.75 Å². The molecule has 0 bridgehead atoms. The van der Waals surface area contributed by atoms with Gasteiger partial charge in [-0.15, -0.1) is 0 Å². The summed E-state index contributed by atoms with van der Waals surface area (Å²) in [5.74, 6) is 0.0648. The van der Waals surface area contributed by atoms with E-state index in [0.29, 0.717) is 57.2 Å². The second-order valence-electron chi connectivity index (χ2n) is 8.04. The Bertz CT molecular complexity index is 941. The predicted molar refractivity (Wildman–Crippen MR) is 113 cm³/mol. The Balaban J connectivity index is 1.62. The van der Waals surface area contributed by atoms with Crippen LogP contribution in [0.25, 0.3) is 0 Å². The van der Waals surface area contributed by atoms with Gasteiger partial charge in [-0.25, -0.2) is 4.39 Å². The van der Waals surface area contributed by atoms with Crippen molar-refractivity contribution in [2.24, 2.45) is 0 Å². The van der Waals surface area contributed by atoms with Gasteiger partial charge < -0.3 is 19.3 Å². The van der Waals surface area contributed by atoms with E-state index < -0.39 is 5.54 Å². The van der Waals surface area contributed by atoms with Crippen LogP contribution in [-0.2, 0) is 16.1 Å². The highest BCUT2D eigenvalue weighted by atomic mass is 19.1. The van der Waals surface area contributed by atoms with E-state index in [9.17, 15) is 14.0 Å². The number of hydrogen-bond donors (Lipinski definition) is 0. The molecule has 2 amide bonds. The summed E-state index contributed by atoms with van der Waals surface area (Å²) in [7, 11) is 0. The Hall–Kier alpha value is -2.93. The number of benzene rings is 2. The Kier molecular flexibility index (Phi) is 6.23. The van der Waals surface area contributed by atoms with E-state index in [0.717, 1.165) is 5.56 Å². The smallest absolute Gasteiger partial charge is 0.257 e. The van der Waals surface area contributed by atoms with Crippen molar-refractivity contribution in [2.45, 2.75) is 31.8 Å². The Labute approximate surface area is 181 Å². The van der Waals surface area contributed by atoms with E-state index in [1.165, 1.54) is 12.1 Å². The van der Waals surface area contributed by atoms with Crippen molar-refractivity contribution in [3.05, 3.63) is 65.5 Å². The van der Waals surface area contributed by atoms with Gasteiger partial charge in [-0.1, -0.05) is 24.3 Å². The first kappa shape index (κ1) is 21.3. The Morgan fingerprint density at radius 2 is 1.97 bits per heavy atom. The molecule has 0 aromatic heterocycles. The van der Waals surface area contributed by atoms with E-state index in [4.69, 9.17) is 9.47 Å². The fourth-order valence-corrected chi connectivity index (χ4v) is 4.38. The van der Waals surface area contributed by atoms with E-state index in [2.05, 4.69) is 0 Å². The van der Waals surface area contributed by atoms with Crippen LogP contribution >= 0.6 is 0 Å². The van der Waals surface area contributed by atoms with E-state index >= 15 is 0 Å². The van der Waals surface area contributed by atoms with Gasteiger partial charge in [0.25, 0.3) is 5.91 Å². The Morgan fingerprint density at radius 3 is 2.68 bits per heavy atom. The van der Waals surface area contributed by atoms with Crippen molar-refractivity contribution in [2.75, 3.05) is 32.9 Å². The van der Waals surface area contributed by atoms with Crippen LogP contribution in [0, 0.1) is 5.82 Å². The second kappa shape index (κ2) is 9.06. The SMILES string of the molecule is CCOc1ccccc1C(=O)N1CCC(=O)N(Cc2ccc(F)cc2)C2(CCOC2)C1. The quantitative estimate of drug-likeness (QED) is 0.737. The first-order valence-electron chi connectivity index (χ1n) is 10.7.